The number of nitrogens with one attached hydrogen (secondary N) is 2. The number of nitrogens with zero attached hydrogens (tertiary/aromatic N) is 2. The molecule has 2 N–H and O–H groups in total. The molecule has 1 unspecified atom stereocenters. The summed E-state index contributed by atoms with van der Waals surface area (Å²) in [6.45, 7) is 23.3. The first-order chi connectivity index (χ1) is 19.3. The van der Waals surface area contributed by atoms with Crippen molar-refractivity contribution in [3.63, 3.8) is 0 Å². The van der Waals surface area contributed by atoms with Crippen molar-refractivity contribution in [3.05, 3.63) is 96.1 Å². The average Bonchev–Trinajstić information content (AvgIpc) is 3.40. The third-order valence-electron chi connectivity index (χ3n) is 8.88. The molecule has 0 spiro atoms. The summed E-state index contributed by atoms with van der Waals surface area (Å²) >= 11 is 3.99. The van der Waals surface area contributed by atoms with Crippen molar-refractivity contribution in [3.8, 4) is 0 Å². The van der Waals surface area contributed by atoms with E-state index in [1.165, 1.54) is 6.92 Å². The van der Waals surface area contributed by atoms with Gasteiger partial charge in [-0.15, -0.1) is 12.6 Å². The lowest BCUT2D eigenvalue weighted by Crippen LogP contribution is -2.49. The lowest BCUT2D eigenvalue weighted by Gasteiger charge is -2.52. The zero-order valence-corrected chi connectivity index (χ0v) is 26.3. The first-order valence-electron chi connectivity index (χ1n) is 14.6. The number of thiol groups is 1. The molecule has 3 saturated carbocycles. The number of alkyl halides is 1. The summed E-state index contributed by atoms with van der Waals surface area (Å²) in [6, 6.07) is 9.20. The standard InChI is InChI=1S/C32H41FN4OS.C2H6/c1-22(24(3)34-20-27-7-9-28(10-8-27)30(6,33)39)19-29(37-23(2)11-18-36-37)25(4)35-21-31-12-15-32(16-13-31,17-14-31)26(5)38;1-2/h7-11,18-19,34-35,39H,1,3-4,12-17,20-21H2,2,5-6H3;1-2H3/b29-19-;. The highest BCUT2D eigenvalue weighted by atomic mass is 32.1. The van der Waals surface area contributed by atoms with Gasteiger partial charge < -0.3 is 10.6 Å². The fourth-order valence-electron chi connectivity index (χ4n) is 5.84. The molecule has 1 atom stereocenters. The van der Waals surface area contributed by atoms with Gasteiger partial charge in [0, 0.05) is 36.1 Å². The number of Topliss-reactive ketones (excluding diaryl/α,β-unsaturated/α-hetero) is 1. The first-order valence-corrected chi connectivity index (χ1v) is 15.1. The van der Waals surface area contributed by atoms with Gasteiger partial charge in [0.05, 0.1) is 11.4 Å². The van der Waals surface area contributed by atoms with E-state index in [0.717, 1.165) is 67.7 Å². The summed E-state index contributed by atoms with van der Waals surface area (Å²) in [4.78, 5) is 12.2. The van der Waals surface area contributed by atoms with Crippen LogP contribution in [-0.2, 0) is 16.3 Å². The van der Waals surface area contributed by atoms with Crippen LogP contribution in [0.15, 0.2) is 79.3 Å². The van der Waals surface area contributed by atoms with Crippen molar-refractivity contribution < 1.29 is 9.18 Å². The number of hydrogen-bond acceptors (Lipinski definition) is 5. The molecule has 222 valence electrons. The van der Waals surface area contributed by atoms with Crippen LogP contribution in [0.2, 0.25) is 0 Å². The Labute approximate surface area is 251 Å². The van der Waals surface area contributed by atoms with E-state index < -0.39 is 5.00 Å². The van der Waals surface area contributed by atoms with Crippen LogP contribution in [0.4, 0.5) is 4.39 Å². The number of ketones is 1. The molecular weight excluding hydrogens is 531 g/mol. The number of benzene rings is 1. The molecule has 5 rings (SSSR count). The number of carbonyl (C=O) groups excluding carboxylic acids is 1. The van der Waals surface area contributed by atoms with Crippen LogP contribution in [0.5, 0.6) is 0 Å². The van der Waals surface area contributed by atoms with Crippen molar-refractivity contribution >= 4 is 24.1 Å². The third kappa shape index (κ3) is 7.62. The van der Waals surface area contributed by atoms with Gasteiger partial charge in [0.15, 0.2) is 5.00 Å². The van der Waals surface area contributed by atoms with E-state index in [1.807, 2.05) is 49.7 Å². The van der Waals surface area contributed by atoms with E-state index >= 15 is 0 Å². The van der Waals surface area contributed by atoms with Gasteiger partial charge in [-0.25, -0.2) is 9.07 Å². The van der Waals surface area contributed by atoms with Crippen LogP contribution in [0.3, 0.4) is 0 Å². The Morgan fingerprint density at radius 1 is 1.05 bits per heavy atom. The maximum absolute atomic E-state index is 14.0. The van der Waals surface area contributed by atoms with Gasteiger partial charge in [-0.2, -0.15) is 5.10 Å². The number of aromatic nitrogens is 2. The summed E-state index contributed by atoms with van der Waals surface area (Å²) in [7, 11) is 0. The molecule has 2 aromatic rings. The fourth-order valence-corrected chi connectivity index (χ4v) is 5.99. The van der Waals surface area contributed by atoms with E-state index in [2.05, 4.69) is 48.1 Å². The van der Waals surface area contributed by atoms with Crippen molar-refractivity contribution in [2.24, 2.45) is 10.8 Å². The van der Waals surface area contributed by atoms with E-state index in [1.54, 1.807) is 25.3 Å². The minimum atomic E-state index is -1.67. The third-order valence-corrected chi connectivity index (χ3v) is 9.14. The minimum Gasteiger partial charge on any atom is -0.383 e. The molecule has 1 heterocycles. The minimum absolute atomic E-state index is 0.0798. The van der Waals surface area contributed by atoms with Crippen LogP contribution in [0.1, 0.15) is 83.0 Å². The van der Waals surface area contributed by atoms with Crippen LogP contribution in [-0.4, -0.2) is 22.1 Å². The van der Waals surface area contributed by atoms with Crippen LogP contribution in [0.25, 0.3) is 5.70 Å². The molecule has 3 aliphatic rings. The van der Waals surface area contributed by atoms with Gasteiger partial charge in [-0.1, -0.05) is 57.8 Å². The zero-order chi connectivity index (χ0) is 30.4. The number of hydrogen-bond donors (Lipinski definition) is 3. The normalized spacial score (nSPS) is 23.0. The molecule has 3 aliphatic carbocycles. The Morgan fingerprint density at radius 2 is 1.63 bits per heavy atom. The second kappa shape index (κ2) is 13.3. The number of rotatable bonds is 12. The maximum atomic E-state index is 14.0. The average molecular weight is 579 g/mol. The number of aryl methyl sites for hydroxylation is 1. The Hall–Kier alpha value is -3.06. The smallest absolute Gasteiger partial charge is 0.175 e. The number of carbonyl (C=O) groups is 1. The van der Waals surface area contributed by atoms with Crippen molar-refractivity contribution in [2.75, 3.05) is 6.54 Å². The highest BCUT2D eigenvalue weighted by molar-refractivity contribution is 7.81. The quantitative estimate of drug-likeness (QED) is 0.176. The Bertz CT molecular complexity index is 1270. The predicted molar refractivity (Wildman–Crippen MR) is 172 cm³/mol. The van der Waals surface area contributed by atoms with Gasteiger partial charge in [-0.05, 0) is 93.6 Å². The predicted octanol–water partition coefficient (Wildman–Crippen LogP) is 8.02. The van der Waals surface area contributed by atoms with E-state index in [9.17, 15) is 9.18 Å². The molecule has 3 fully saturated rings. The molecular formula is C34H47FN4OS. The lowest BCUT2D eigenvalue weighted by molar-refractivity contribution is -0.135. The Kier molecular flexibility index (Phi) is 10.5. The van der Waals surface area contributed by atoms with E-state index in [0.29, 0.717) is 29.2 Å². The summed E-state index contributed by atoms with van der Waals surface area (Å²) in [5.41, 5.74) is 5.60. The first kappa shape index (κ1) is 32.5. The maximum Gasteiger partial charge on any atom is 0.175 e. The van der Waals surface area contributed by atoms with Gasteiger partial charge >= 0.3 is 0 Å². The molecule has 1 aromatic heterocycles. The largest absolute Gasteiger partial charge is 0.383 e. The SMILES string of the molecule is C=C(/C=C(/C(=C)NCC12CCC(C(C)=O)(CC1)CC2)n1nccc1C)C(=C)NCc1ccc(C(C)(F)S)cc1.CC. The van der Waals surface area contributed by atoms with Gasteiger partial charge in [0.1, 0.15) is 5.78 Å². The molecule has 5 nitrogen and oxygen atoms in total. The van der Waals surface area contributed by atoms with Gasteiger partial charge in [0.2, 0.25) is 0 Å². The summed E-state index contributed by atoms with van der Waals surface area (Å²) in [5.74, 6) is 0.359. The van der Waals surface area contributed by atoms with E-state index in [4.69, 9.17) is 0 Å². The van der Waals surface area contributed by atoms with Crippen LogP contribution < -0.4 is 10.6 Å². The molecule has 7 heteroatoms. The monoisotopic (exact) mass is 578 g/mol. The fraction of sp³-hybridized carbons (Fsp3) is 0.471. The van der Waals surface area contributed by atoms with Crippen molar-refractivity contribution in [1.82, 2.24) is 20.4 Å². The van der Waals surface area contributed by atoms with Gasteiger partial charge in [-0.3, -0.25) is 4.79 Å². The Morgan fingerprint density at radius 3 is 2.12 bits per heavy atom. The second-order valence-electron chi connectivity index (χ2n) is 11.6. The molecule has 0 saturated heterocycles. The highest BCUT2D eigenvalue weighted by Crippen LogP contribution is 2.57. The zero-order valence-electron chi connectivity index (χ0n) is 25.4. The summed E-state index contributed by atoms with van der Waals surface area (Å²) < 4.78 is 15.9. The molecule has 41 heavy (non-hydrogen) atoms. The molecule has 0 aliphatic heterocycles. The topological polar surface area (TPSA) is 59.0 Å². The van der Waals surface area contributed by atoms with Crippen LogP contribution >= 0.6 is 12.6 Å². The number of fused-ring (bicyclic) bond motifs is 3. The van der Waals surface area contributed by atoms with Crippen molar-refractivity contribution in [1.29, 1.82) is 0 Å². The Balaban J connectivity index is 0.00000226. The van der Waals surface area contributed by atoms with Gasteiger partial charge in [0.25, 0.3) is 0 Å². The summed E-state index contributed by atoms with van der Waals surface area (Å²) in [5, 5.41) is 9.78. The molecule has 1 aromatic carbocycles. The molecule has 0 radical (unpaired) electrons. The number of halogens is 1. The highest BCUT2D eigenvalue weighted by Gasteiger charge is 2.50. The molecule has 0 amide bonds. The lowest BCUT2D eigenvalue weighted by atomic mass is 9.52. The van der Waals surface area contributed by atoms with E-state index in [-0.39, 0.29) is 10.8 Å². The number of allylic oxidation sites excluding steroid dienone is 2. The molecule has 2 bridgehead atoms. The van der Waals surface area contributed by atoms with Crippen LogP contribution in [0, 0.1) is 17.8 Å². The second-order valence-corrected chi connectivity index (χ2v) is 12.4. The summed E-state index contributed by atoms with van der Waals surface area (Å²) in [6.07, 6.45) is 9.90. The van der Waals surface area contributed by atoms with Crippen molar-refractivity contribution in [2.45, 2.75) is 84.7 Å².